The molecule has 4 nitrogen and oxygen atoms in total. The Balaban J connectivity index is 2.19. The van der Waals surface area contributed by atoms with Gasteiger partial charge in [0.25, 0.3) is 5.91 Å². The number of rotatable bonds is 3. The van der Waals surface area contributed by atoms with Gasteiger partial charge in [-0.1, -0.05) is 37.9 Å². The third-order valence-corrected chi connectivity index (χ3v) is 4.33. The fraction of sp³-hybridized carbons (Fsp3) is 0.538. The van der Waals surface area contributed by atoms with Crippen molar-refractivity contribution in [3.8, 4) is 0 Å². The molecule has 1 aromatic heterocycles. The molecule has 0 saturated heterocycles. The first-order chi connectivity index (χ1) is 9.05. The van der Waals surface area contributed by atoms with E-state index >= 15 is 0 Å². The van der Waals surface area contributed by atoms with Crippen molar-refractivity contribution in [2.45, 2.75) is 44.1 Å². The normalized spacial score (nSPS) is 18.6. The van der Waals surface area contributed by atoms with Gasteiger partial charge < -0.3 is 15.5 Å². The molecule has 19 heavy (non-hydrogen) atoms. The van der Waals surface area contributed by atoms with Crippen molar-refractivity contribution in [2.75, 3.05) is 0 Å². The molecule has 1 amide bonds. The van der Waals surface area contributed by atoms with E-state index < -0.39 is 5.54 Å². The average molecular weight is 301 g/mol. The number of thiocarbonyl (C=S) groups is 1. The standard InChI is InChI=1S/C13H17ClN2O2S/c14-10-9(5-8-18-10)11(17)16-13(12(15)19)6-3-1-2-4-7-13/h5,8H,1-4,6-7H2,(H2,15,19)(H,16,17). The zero-order valence-electron chi connectivity index (χ0n) is 10.6. The second-order valence-corrected chi connectivity index (χ2v) is 5.71. The van der Waals surface area contributed by atoms with Gasteiger partial charge in [0, 0.05) is 0 Å². The summed E-state index contributed by atoms with van der Waals surface area (Å²) in [7, 11) is 0. The van der Waals surface area contributed by atoms with Crippen LogP contribution in [0.3, 0.4) is 0 Å². The number of amides is 1. The molecule has 104 valence electrons. The Bertz CT molecular complexity index is 479. The highest BCUT2D eigenvalue weighted by molar-refractivity contribution is 7.80. The van der Waals surface area contributed by atoms with Crippen LogP contribution in [-0.2, 0) is 0 Å². The molecule has 1 heterocycles. The van der Waals surface area contributed by atoms with Gasteiger partial charge in [-0.05, 0) is 30.5 Å². The van der Waals surface area contributed by atoms with E-state index in [0.29, 0.717) is 10.6 Å². The van der Waals surface area contributed by atoms with Crippen LogP contribution in [0.25, 0.3) is 0 Å². The summed E-state index contributed by atoms with van der Waals surface area (Å²) in [4.78, 5) is 12.6. The van der Waals surface area contributed by atoms with E-state index in [1.54, 1.807) is 6.07 Å². The first-order valence-electron chi connectivity index (χ1n) is 6.40. The summed E-state index contributed by atoms with van der Waals surface area (Å²) >= 11 is 11.0. The molecular weight excluding hydrogens is 284 g/mol. The Morgan fingerprint density at radius 2 is 2.00 bits per heavy atom. The van der Waals surface area contributed by atoms with E-state index in [9.17, 15) is 4.79 Å². The summed E-state index contributed by atoms with van der Waals surface area (Å²) in [6, 6.07) is 1.54. The highest BCUT2D eigenvalue weighted by Crippen LogP contribution is 2.28. The van der Waals surface area contributed by atoms with E-state index in [2.05, 4.69) is 5.32 Å². The number of carbonyl (C=O) groups is 1. The van der Waals surface area contributed by atoms with Crippen LogP contribution in [0, 0.1) is 0 Å². The SMILES string of the molecule is NC(=S)C1(NC(=O)c2ccoc2Cl)CCCCCC1. The largest absolute Gasteiger partial charge is 0.452 e. The first-order valence-corrected chi connectivity index (χ1v) is 7.19. The zero-order chi connectivity index (χ0) is 13.9. The molecule has 0 aromatic carbocycles. The molecule has 3 N–H and O–H groups in total. The lowest BCUT2D eigenvalue weighted by atomic mass is 9.89. The van der Waals surface area contributed by atoms with E-state index in [0.717, 1.165) is 38.5 Å². The van der Waals surface area contributed by atoms with Gasteiger partial charge in [0.15, 0.2) is 0 Å². The van der Waals surface area contributed by atoms with Gasteiger partial charge in [0.05, 0.1) is 22.4 Å². The Morgan fingerprint density at radius 3 is 2.47 bits per heavy atom. The van der Waals surface area contributed by atoms with Gasteiger partial charge in [-0.25, -0.2) is 0 Å². The summed E-state index contributed by atoms with van der Waals surface area (Å²) in [6.45, 7) is 0. The number of hydrogen-bond acceptors (Lipinski definition) is 3. The molecule has 0 radical (unpaired) electrons. The minimum atomic E-state index is -0.594. The molecule has 6 heteroatoms. The summed E-state index contributed by atoms with van der Waals surface area (Å²) in [5.41, 5.74) is 5.60. The highest BCUT2D eigenvalue weighted by Gasteiger charge is 2.36. The van der Waals surface area contributed by atoms with Crippen molar-refractivity contribution in [1.29, 1.82) is 0 Å². The van der Waals surface area contributed by atoms with Crippen LogP contribution in [-0.4, -0.2) is 16.4 Å². The van der Waals surface area contributed by atoms with Gasteiger partial charge in [0.2, 0.25) is 5.22 Å². The lowest BCUT2D eigenvalue weighted by Gasteiger charge is -2.32. The van der Waals surface area contributed by atoms with Crippen molar-refractivity contribution < 1.29 is 9.21 Å². The van der Waals surface area contributed by atoms with Crippen molar-refractivity contribution in [2.24, 2.45) is 5.73 Å². The average Bonchev–Trinajstić information content (AvgIpc) is 2.64. The topological polar surface area (TPSA) is 68.3 Å². The number of nitrogens with two attached hydrogens (primary N) is 1. The van der Waals surface area contributed by atoms with Gasteiger partial charge in [-0.15, -0.1) is 0 Å². The number of nitrogens with one attached hydrogen (secondary N) is 1. The molecule has 0 atom stereocenters. The molecule has 1 aromatic rings. The molecule has 0 aliphatic heterocycles. The molecule has 0 bridgehead atoms. The summed E-state index contributed by atoms with van der Waals surface area (Å²) in [6.07, 6.45) is 7.26. The van der Waals surface area contributed by atoms with Crippen LogP contribution < -0.4 is 11.1 Å². The number of carbonyl (C=O) groups excluding carboxylic acids is 1. The third-order valence-electron chi connectivity index (χ3n) is 3.64. The lowest BCUT2D eigenvalue weighted by molar-refractivity contribution is 0.0917. The Labute approximate surface area is 122 Å². The zero-order valence-corrected chi connectivity index (χ0v) is 12.1. The molecule has 1 fully saturated rings. The van der Waals surface area contributed by atoms with Crippen molar-refractivity contribution in [3.05, 3.63) is 23.1 Å². The first kappa shape index (κ1) is 14.3. The predicted molar refractivity (Wildman–Crippen MR) is 78.4 cm³/mol. The van der Waals surface area contributed by atoms with E-state index in [1.807, 2.05) is 0 Å². The molecule has 1 saturated carbocycles. The minimum Gasteiger partial charge on any atom is -0.452 e. The maximum absolute atomic E-state index is 12.2. The second-order valence-electron chi connectivity index (χ2n) is 4.92. The van der Waals surface area contributed by atoms with Crippen LogP contribution in [0.1, 0.15) is 48.9 Å². The van der Waals surface area contributed by atoms with E-state index in [1.165, 1.54) is 6.26 Å². The van der Waals surface area contributed by atoms with Crippen LogP contribution in [0.15, 0.2) is 16.7 Å². The molecule has 1 aliphatic carbocycles. The smallest absolute Gasteiger partial charge is 0.256 e. The number of hydrogen-bond donors (Lipinski definition) is 2. The quantitative estimate of drug-likeness (QED) is 0.665. The summed E-state index contributed by atoms with van der Waals surface area (Å²) < 4.78 is 4.93. The summed E-state index contributed by atoms with van der Waals surface area (Å²) in [5.74, 6) is -0.284. The van der Waals surface area contributed by atoms with Crippen molar-refractivity contribution in [1.82, 2.24) is 5.32 Å². The minimum absolute atomic E-state index is 0.0872. The van der Waals surface area contributed by atoms with Gasteiger partial charge in [0.1, 0.15) is 0 Å². The van der Waals surface area contributed by atoms with Crippen molar-refractivity contribution in [3.63, 3.8) is 0 Å². The fourth-order valence-corrected chi connectivity index (χ4v) is 2.96. The van der Waals surface area contributed by atoms with Gasteiger partial charge in [-0.3, -0.25) is 4.79 Å². The van der Waals surface area contributed by atoms with Crippen LogP contribution in [0.2, 0.25) is 5.22 Å². The molecule has 2 rings (SSSR count). The molecule has 0 spiro atoms. The van der Waals surface area contributed by atoms with Gasteiger partial charge >= 0.3 is 0 Å². The molecule has 1 aliphatic rings. The summed E-state index contributed by atoms with van der Waals surface area (Å²) in [5, 5.41) is 3.05. The van der Waals surface area contributed by atoms with Gasteiger partial charge in [-0.2, -0.15) is 0 Å². The monoisotopic (exact) mass is 300 g/mol. The van der Waals surface area contributed by atoms with Crippen LogP contribution in [0.5, 0.6) is 0 Å². The fourth-order valence-electron chi connectivity index (χ4n) is 2.51. The second kappa shape index (κ2) is 5.92. The predicted octanol–water partition coefficient (Wildman–Crippen LogP) is 3.04. The maximum atomic E-state index is 12.2. The Morgan fingerprint density at radius 1 is 1.37 bits per heavy atom. The van der Waals surface area contributed by atoms with Crippen LogP contribution in [0.4, 0.5) is 0 Å². The maximum Gasteiger partial charge on any atom is 0.256 e. The van der Waals surface area contributed by atoms with E-state index in [-0.39, 0.29) is 11.1 Å². The lowest BCUT2D eigenvalue weighted by Crippen LogP contribution is -2.56. The van der Waals surface area contributed by atoms with E-state index in [4.69, 9.17) is 34.0 Å². The van der Waals surface area contributed by atoms with Crippen LogP contribution >= 0.6 is 23.8 Å². The Hall–Kier alpha value is -1.07. The number of halogens is 1. The highest BCUT2D eigenvalue weighted by atomic mass is 35.5. The molecule has 0 unspecified atom stereocenters. The van der Waals surface area contributed by atoms with Crippen molar-refractivity contribution >= 4 is 34.7 Å². The Kier molecular flexibility index (Phi) is 4.47. The third kappa shape index (κ3) is 3.09. The number of furan rings is 1. The molecular formula is C13H17ClN2O2S.